The van der Waals surface area contributed by atoms with Gasteiger partial charge in [-0.3, -0.25) is 9.00 Å². The van der Waals surface area contributed by atoms with E-state index in [1.807, 2.05) is 6.07 Å². The monoisotopic (exact) mass is 394 g/mol. The minimum absolute atomic E-state index is 0.0974. The van der Waals surface area contributed by atoms with Crippen molar-refractivity contribution in [3.05, 3.63) is 60.2 Å². The average molecular weight is 395 g/mol. The van der Waals surface area contributed by atoms with Gasteiger partial charge in [-0.15, -0.1) is 0 Å². The number of hydrogen-bond donors (Lipinski definition) is 1. The van der Waals surface area contributed by atoms with Crippen LogP contribution in [0.3, 0.4) is 0 Å². The van der Waals surface area contributed by atoms with Gasteiger partial charge in [-0.2, -0.15) is 0 Å². The van der Waals surface area contributed by atoms with Crippen molar-refractivity contribution in [3.8, 4) is 0 Å². The summed E-state index contributed by atoms with van der Waals surface area (Å²) in [6, 6.07) is 15.2. The van der Waals surface area contributed by atoms with Crippen LogP contribution in [0.15, 0.2) is 59.5 Å². The maximum absolute atomic E-state index is 12.5. The highest BCUT2D eigenvalue weighted by molar-refractivity contribution is 7.89. The summed E-state index contributed by atoms with van der Waals surface area (Å²) in [7, 11) is -2.13. The second-order valence-corrected chi connectivity index (χ2v) is 9.87. The number of para-hydroxylation sites is 1. The zero-order valence-corrected chi connectivity index (χ0v) is 16.5. The van der Waals surface area contributed by atoms with Gasteiger partial charge in [0.2, 0.25) is 15.9 Å². The van der Waals surface area contributed by atoms with Crippen molar-refractivity contribution >= 4 is 32.4 Å². The van der Waals surface area contributed by atoms with E-state index in [-0.39, 0.29) is 16.6 Å². The van der Waals surface area contributed by atoms with Crippen LogP contribution in [0.5, 0.6) is 0 Å². The first-order valence-corrected chi connectivity index (χ1v) is 10.8. The van der Waals surface area contributed by atoms with Gasteiger partial charge in [-0.05, 0) is 36.8 Å². The first-order chi connectivity index (χ1) is 12.2. The van der Waals surface area contributed by atoms with E-state index in [1.165, 1.54) is 26.2 Å². The molecule has 0 radical (unpaired) electrons. The number of carbonyl (C=O) groups excluding carboxylic acids is 1. The molecule has 2 aromatic rings. The van der Waals surface area contributed by atoms with Gasteiger partial charge >= 0.3 is 0 Å². The van der Waals surface area contributed by atoms with E-state index < -0.39 is 26.1 Å². The Hall–Kier alpha value is -2.03. The highest BCUT2D eigenvalue weighted by Crippen LogP contribution is 2.17. The average Bonchev–Trinajstić information content (AvgIpc) is 2.61. The summed E-state index contributed by atoms with van der Waals surface area (Å²) in [6.45, 7) is 1.59. The molecule has 0 saturated carbocycles. The maximum atomic E-state index is 12.5. The molecule has 0 aromatic heterocycles. The third-order valence-corrected chi connectivity index (χ3v) is 7.22. The lowest BCUT2D eigenvalue weighted by molar-refractivity contribution is -0.115. The topological polar surface area (TPSA) is 83.5 Å². The van der Waals surface area contributed by atoms with E-state index in [9.17, 15) is 17.4 Å². The summed E-state index contributed by atoms with van der Waals surface area (Å²) in [4.78, 5) is 12.4. The zero-order valence-electron chi connectivity index (χ0n) is 14.9. The molecule has 0 aliphatic rings. The van der Waals surface area contributed by atoms with E-state index in [2.05, 4.69) is 5.32 Å². The normalized spacial score (nSPS) is 14.0. The third kappa shape index (κ3) is 5.00. The van der Waals surface area contributed by atoms with Crippen LogP contribution in [0.4, 0.5) is 5.69 Å². The Morgan fingerprint density at radius 3 is 2.38 bits per heavy atom. The molecule has 0 heterocycles. The van der Waals surface area contributed by atoms with Crippen molar-refractivity contribution < 1.29 is 17.4 Å². The smallest absolute Gasteiger partial charge is 0.242 e. The van der Waals surface area contributed by atoms with Gasteiger partial charge in [-0.25, -0.2) is 12.7 Å². The van der Waals surface area contributed by atoms with E-state index in [0.717, 1.165) is 4.31 Å². The molecule has 0 saturated heterocycles. The van der Waals surface area contributed by atoms with Crippen molar-refractivity contribution in [3.63, 3.8) is 0 Å². The summed E-state index contributed by atoms with van der Waals surface area (Å²) >= 11 is 0. The Labute approximate surface area is 156 Å². The lowest BCUT2D eigenvalue weighted by Crippen LogP contribution is -2.29. The van der Waals surface area contributed by atoms with E-state index >= 15 is 0 Å². The van der Waals surface area contributed by atoms with E-state index in [1.54, 1.807) is 43.3 Å². The summed E-state index contributed by atoms with van der Waals surface area (Å²) < 4.78 is 38.1. The van der Waals surface area contributed by atoms with Gasteiger partial charge in [0.1, 0.15) is 5.25 Å². The maximum Gasteiger partial charge on any atom is 0.242 e. The fourth-order valence-corrected chi connectivity index (χ4v) is 4.21. The second kappa shape index (κ2) is 8.57. The number of nitrogens with zero attached hydrogens (tertiary/aromatic N) is 1. The lowest BCUT2D eigenvalue weighted by Gasteiger charge is -2.14. The SMILES string of the molecule is CC(C(=O)Nc1ccccc1)S(=O)Cc1cccc(S(=O)(=O)N(C)C)c1. The highest BCUT2D eigenvalue weighted by Gasteiger charge is 2.22. The van der Waals surface area contributed by atoms with E-state index in [4.69, 9.17) is 0 Å². The minimum Gasteiger partial charge on any atom is -0.325 e. The zero-order chi connectivity index (χ0) is 19.3. The van der Waals surface area contributed by atoms with Gasteiger partial charge in [0, 0.05) is 36.3 Å². The number of benzene rings is 2. The molecule has 2 atom stereocenters. The number of amides is 1. The molecule has 2 unspecified atom stereocenters. The molecule has 0 aliphatic heterocycles. The van der Waals surface area contributed by atoms with Crippen molar-refractivity contribution in [2.75, 3.05) is 19.4 Å². The molecule has 26 heavy (non-hydrogen) atoms. The Kier molecular flexibility index (Phi) is 6.69. The molecule has 140 valence electrons. The fourth-order valence-electron chi connectivity index (χ4n) is 2.18. The molecule has 8 heteroatoms. The number of carbonyl (C=O) groups is 1. The Morgan fingerprint density at radius 1 is 1.12 bits per heavy atom. The molecular weight excluding hydrogens is 372 g/mol. The number of nitrogens with one attached hydrogen (secondary N) is 1. The molecule has 1 amide bonds. The van der Waals surface area contributed by atoms with Gasteiger partial charge < -0.3 is 5.32 Å². The van der Waals surface area contributed by atoms with Crippen LogP contribution >= 0.6 is 0 Å². The molecule has 0 aliphatic carbocycles. The minimum atomic E-state index is -3.56. The Balaban J connectivity index is 2.08. The van der Waals surface area contributed by atoms with Crippen LogP contribution in [0, 0.1) is 0 Å². The van der Waals surface area contributed by atoms with Crippen LogP contribution in [0.25, 0.3) is 0 Å². The van der Waals surface area contributed by atoms with Crippen LogP contribution in [0.1, 0.15) is 12.5 Å². The highest BCUT2D eigenvalue weighted by atomic mass is 32.2. The summed E-state index contributed by atoms with van der Waals surface area (Å²) in [5.41, 5.74) is 1.24. The predicted octanol–water partition coefficient (Wildman–Crippen LogP) is 2.21. The summed E-state index contributed by atoms with van der Waals surface area (Å²) in [6.07, 6.45) is 0. The van der Waals surface area contributed by atoms with Gasteiger partial charge in [0.25, 0.3) is 0 Å². The predicted molar refractivity (Wildman–Crippen MR) is 104 cm³/mol. The largest absolute Gasteiger partial charge is 0.325 e. The standard InChI is InChI=1S/C18H22N2O4S2/c1-14(18(21)19-16-9-5-4-6-10-16)25(22)13-15-8-7-11-17(12-15)26(23,24)20(2)3/h4-12,14H,13H2,1-3H3,(H,19,21). The molecule has 0 spiro atoms. The fraction of sp³-hybridized carbons (Fsp3) is 0.278. The first kappa shape index (κ1) is 20.3. The number of rotatable bonds is 7. The molecule has 2 aromatic carbocycles. The van der Waals surface area contributed by atoms with Gasteiger partial charge in [0.05, 0.1) is 4.90 Å². The van der Waals surface area contributed by atoms with E-state index in [0.29, 0.717) is 11.3 Å². The second-order valence-electron chi connectivity index (χ2n) is 5.96. The van der Waals surface area contributed by atoms with Crippen LogP contribution in [-0.2, 0) is 31.4 Å². The number of hydrogen-bond acceptors (Lipinski definition) is 4. The molecule has 2 rings (SSSR count). The first-order valence-electron chi connectivity index (χ1n) is 7.96. The molecular formula is C18H22N2O4S2. The molecule has 6 nitrogen and oxygen atoms in total. The van der Waals surface area contributed by atoms with Crippen molar-refractivity contribution in [2.45, 2.75) is 22.8 Å². The van der Waals surface area contributed by atoms with Crippen LogP contribution < -0.4 is 5.32 Å². The Bertz CT molecular complexity index is 896. The van der Waals surface area contributed by atoms with Crippen molar-refractivity contribution in [2.24, 2.45) is 0 Å². The quantitative estimate of drug-likeness (QED) is 0.780. The van der Waals surface area contributed by atoms with Gasteiger partial charge in [-0.1, -0.05) is 30.3 Å². The van der Waals surface area contributed by atoms with Crippen molar-refractivity contribution in [1.82, 2.24) is 4.31 Å². The molecule has 1 N–H and O–H groups in total. The van der Waals surface area contributed by atoms with Crippen LogP contribution in [0.2, 0.25) is 0 Å². The van der Waals surface area contributed by atoms with Crippen LogP contribution in [-0.4, -0.2) is 42.2 Å². The Morgan fingerprint density at radius 2 is 1.77 bits per heavy atom. The molecule has 0 bridgehead atoms. The summed E-state index contributed by atoms with van der Waals surface area (Å²) in [5.74, 6) is -0.244. The molecule has 0 fully saturated rings. The third-order valence-electron chi connectivity index (χ3n) is 3.79. The number of anilines is 1. The van der Waals surface area contributed by atoms with Crippen molar-refractivity contribution in [1.29, 1.82) is 0 Å². The lowest BCUT2D eigenvalue weighted by atomic mass is 10.2. The number of sulfonamides is 1. The summed E-state index contributed by atoms with van der Waals surface area (Å²) in [5, 5.41) is 1.99. The van der Waals surface area contributed by atoms with Gasteiger partial charge in [0.15, 0.2) is 0 Å².